The summed E-state index contributed by atoms with van der Waals surface area (Å²) in [6, 6.07) is 12.3. The van der Waals surface area contributed by atoms with Crippen molar-refractivity contribution < 1.29 is 4.79 Å². The van der Waals surface area contributed by atoms with E-state index in [1.165, 1.54) is 30.2 Å². The quantitative estimate of drug-likeness (QED) is 0.548. The zero-order valence-corrected chi connectivity index (χ0v) is 17.1. The van der Waals surface area contributed by atoms with Gasteiger partial charge in [0, 0.05) is 4.88 Å². The third kappa shape index (κ3) is 5.40. The fourth-order valence-corrected chi connectivity index (χ4v) is 4.07. The molecule has 3 rings (SSSR count). The highest BCUT2D eigenvalue weighted by atomic mass is 32.2. The van der Waals surface area contributed by atoms with E-state index in [4.69, 9.17) is 0 Å². The van der Waals surface area contributed by atoms with Gasteiger partial charge in [-0.05, 0) is 59.3 Å². The lowest BCUT2D eigenvalue weighted by Gasteiger charge is -2.11. The molecule has 1 amide bonds. The number of nitrogens with zero attached hydrogens (tertiary/aromatic N) is 4. The van der Waals surface area contributed by atoms with Crippen molar-refractivity contribution in [2.75, 3.05) is 5.75 Å². The Labute approximate surface area is 167 Å². The van der Waals surface area contributed by atoms with Crippen LogP contribution in [0.2, 0.25) is 0 Å². The largest absolute Gasteiger partial charge is 0.348 e. The van der Waals surface area contributed by atoms with Gasteiger partial charge in [0.25, 0.3) is 0 Å². The number of hydrogen-bond acceptors (Lipinski definition) is 6. The Kier molecular flexibility index (Phi) is 7.00. The summed E-state index contributed by atoms with van der Waals surface area (Å²) in [6.45, 7) is 4.18. The lowest BCUT2D eigenvalue weighted by molar-refractivity contribution is -0.119. The van der Waals surface area contributed by atoms with Crippen molar-refractivity contribution in [3.05, 3.63) is 52.2 Å². The minimum Gasteiger partial charge on any atom is -0.348 e. The van der Waals surface area contributed by atoms with Crippen LogP contribution in [-0.2, 0) is 11.2 Å². The second kappa shape index (κ2) is 9.66. The molecule has 6 nitrogen and oxygen atoms in total. The summed E-state index contributed by atoms with van der Waals surface area (Å²) in [5.41, 5.74) is 2.21. The van der Waals surface area contributed by atoms with Crippen molar-refractivity contribution in [2.24, 2.45) is 0 Å². The summed E-state index contributed by atoms with van der Waals surface area (Å²) in [6.07, 6.45) is 3.45. The average molecular weight is 402 g/mol. The van der Waals surface area contributed by atoms with Crippen LogP contribution in [0.3, 0.4) is 0 Å². The first-order chi connectivity index (χ1) is 13.2. The van der Waals surface area contributed by atoms with Gasteiger partial charge >= 0.3 is 0 Å². The van der Waals surface area contributed by atoms with E-state index in [-0.39, 0.29) is 17.7 Å². The van der Waals surface area contributed by atoms with Gasteiger partial charge in [0.15, 0.2) is 0 Å². The molecule has 0 bridgehead atoms. The molecule has 0 saturated carbocycles. The van der Waals surface area contributed by atoms with Crippen molar-refractivity contribution in [1.82, 2.24) is 25.5 Å². The van der Waals surface area contributed by atoms with E-state index in [1.807, 2.05) is 36.6 Å². The van der Waals surface area contributed by atoms with Crippen LogP contribution in [0.4, 0.5) is 0 Å². The molecule has 1 N–H and O–H groups in total. The summed E-state index contributed by atoms with van der Waals surface area (Å²) in [4.78, 5) is 13.4. The maximum absolute atomic E-state index is 12.2. The monoisotopic (exact) mass is 401 g/mol. The molecule has 8 heteroatoms. The number of thioether (sulfide) groups is 1. The van der Waals surface area contributed by atoms with Crippen molar-refractivity contribution in [3.63, 3.8) is 0 Å². The van der Waals surface area contributed by atoms with Crippen molar-refractivity contribution in [2.45, 2.75) is 44.3 Å². The smallest absolute Gasteiger partial charge is 0.230 e. The lowest BCUT2D eigenvalue weighted by atomic mass is 10.1. The molecule has 0 radical (unpaired) electrons. The molecule has 1 atom stereocenters. The standard InChI is InChI=1S/C19H23N5OS2/c1-3-4-6-15-8-10-16(11-9-15)24-19(21-22-23-24)27-13-18(25)20-14(2)17-7-5-12-26-17/h5,7-12,14H,3-4,6,13H2,1-2H3,(H,20,25). The number of nitrogens with one attached hydrogen (secondary N) is 1. The number of rotatable bonds is 9. The first-order valence-electron chi connectivity index (χ1n) is 9.00. The van der Waals surface area contributed by atoms with Crippen LogP contribution in [0, 0.1) is 0 Å². The van der Waals surface area contributed by atoms with E-state index in [2.05, 4.69) is 39.9 Å². The number of hydrogen-bond donors (Lipinski definition) is 1. The van der Waals surface area contributed by atoms with Gasteiger partial charge in [0.2, 0.25) is 11.1 Å². The second-order valence-electron chi connectivity index (χ2n) is 6.24. The fraction of sp³-hybridized carbons (Fsp3) is 0.368. The highest BCUT2D eigenvalue weighted by Crippen LogP contribution is 2.21. The highest BCUT2D eigenvalue weighted by molar-refractivity contribution is 7.99. The molecule has 0 aliphatic rings. The second-order valence-corrected chi connectivity index (χ2v) is 8.16. The van der Waals surface area contributed by atoms with E-state index >= 15 is 0 Å². The molecule has 0 aliphatic heterocycles. The third-order valence-electron chi connectivity index (χ3n) is 4.12. The lowest BCUT2D eigenvalue weighted by Crippen LogP contribution is -2.27. The first-order valence-corrected chi connectivity index (χ1v) is 10.9. The number of carbonyl (C=O) groups excluding carboxylic acids is 1. The number of aromatic nitrogens is 4. The number of thiophene rings is 1. The zero-order chi connectivity index (χ0) is 19.1. The molecule has 1 unspecified atom stereocenters. The maximum atomic E-state index is 12.2. The zero-order valence-electron chi connectivity index (χ0n) is 15.5. The Morgan fingerprint density at radius 1 is 1.30 bits per heavy atom. The van der Waals surface area contributed by atoms with Crippen LogP contribution in [0.15, 0.2) is 46.9 Å². The number of unbranched alkanes of at least 4 members (excludes halogenated alkanes) is 1. The Bertz CT molecular complexity index is 845. The van der Waals surface area contributed by atoms with Gasteiger partial charge in [-0.25, -0.2) is 0 Å². The van der Waals surface area contributed by atoms with Gasteiger partial charge in [-0.1, -0.05) is 43.3 Å². The summed E-state index contributed by atoms with van der Waals surface area (Å²) >= 11 is 2.97. The van der Waals surface area contributed by atoms with E-state index in [9.17, 15) is 4.79 Å². The normalized spacial score (nSPS) is 12.1. The van der Waals surface area contributed by atoms with Crippen LogP contribution in [0.25, 0.3) is 5.69 Å². The third-order valence-corrected chi connectivity index (χ3v) is 6.09. The topological polar surface area (TPSA) is 72.7 Å². The van der Waals surface area contributed by atoms with E-state index in [0.29, 0.717) is 5.16 Å². The molecule has 0 spiro atoms. The van der Waals surface area contributed by atoms with Crippen molar-refractivity contribution >= 4 is 29.0 Å². The molecule has 27 heavy (non-hydrogen) atoms. The Morgan fingerprint density at radius 3 is 2.81 bits per heavy atom. The van der Waals surface area contributed by atoms with Crippen LogP contribution in [0.5, 0.6) is 0 Å². The predicted octanol–water partition coefficient (Wildman–Crippen LogP) is 4.04. The highest BCUT2D eigenvalue weighted by Gasteiger charge is 2.14. The molecule has 0 aliphatic carbocycles. The molecular formula is C19H23N5OS2. The van der Waals surface area contributed by atoms with Crippen molar-refractivity contribution in [3.8, 4) is 5.69 Å². The van der Waals surface area contributed by atoms with Crippen molar-refractivity contribution in [1.29, 1.82) is 0 Å². The molecule has 3 aromatic rings. The summed E-state index contributed by atoms with van der Waals surface area (Å²) in [5, 5.41) is 17.5. The predicted molar refractivity (Wildman–Crippen MR) is 109 cm³/mol. The molecule has 0 saturated heterocycles. The molecular weight excluding hydrogens is 378 g/mol. The Hall–Kier alpha value is -2.19. The SMILES string of the molecule is CCCCc1ccc(-n2nnnc2SCC(=O)NC(C)c2cccs2)cc1. The van der Waals surface area contributed by atoms with E-state index in [0.717, 1.165) is 17.0 Å². The van der Waals surface area contributed by atoms with E-state index in [1.54, 1.807) is 16.0 Å². The van der Waals surface area contributed by atoms with Gasteiger partial charge in [-0.3, -0.25) is 4.79 Å². The minimum absolute atomic E-state index is 0.00441. The summed E-state index contributed by atoms with van der Waals surface area (Å²) in [5.74, 6) is 0.232. The minimum atomic E-state index is -0.0367. The molecule has 0 fully saturated rings. The van der Waals surface area contributed by atoms with Gasteiger partial charge in [-0.2, -0.15) is 4.68 Å². The molecule has 1 aromatic carbocycles. The summed E-state index contributed by atoms with van der Waals surface area (Å²) in [7, 11) is 0. The molecule has 142 valence electrons. The maximum Gasteiger partial charge on any atom is 0.230 e. The number of benzene rings is 1. The van der Waals surface area contributed by atoms with Gasteiger partial charge in [-0.15, -0.1) is 16.4 Å². The van der Waals surface area contributed by atoms with Gasteiger partial charge in [0.1, 0.15) is 0 Å². The number of aryl methyl sites for hydroxylation is 1. The van der Waals surface area contributed by atoms with Crippen LogP contribution in [-0.4, -0.2) is 31.9 Å². The van der Waals surface area contributed by atoms with Crippen LogP contribution < -0.4 is 5.32 Å². The van der Waals surface area contributed by atoms with Crippen LogP contribution >= 0.6 is 23.1 Å². The first kappa shape index (κ1) is 19.6. The number of amides is 1. The Balaban J connectivity index is 1.57. The average Bonchev–Trinajstić information content (AvgIpc) is 3.37. The number of carbonyl (C=O) groups is 1. The fourth-order valence-electron chi connectivity index (χ4n) is 2.64. The van der Waals surface area contributed by atoms with Gasteiger partial charge in [0.05, 0.1) is 17.5 Å². The van der Waals surface area contributed by atoms with Crippen LogP contribution in [0.1, 0.15) is 43.2 Å². The molecule has 2 aromatic heterocycles. The number of tetrazole rings is 1. The van der Waals surface area contributed by atoms with E-state index < -0.39 is 0 Å². The Morgan fingerprint density at radius 2 is 2.11 bits per heavy atom. The molecule has 2 heterocycles. The van der Waals surface area contributed by atoms with Gasteiger partial charge < -0.3 is 5.32 Å². The summed E-state index contributed by atoms with van der Waals surface area (Å²) < 4.78 is 1.67.